The SMILES string of the molecule is CCOC(=O)c1cn(C)cc1NC(=O)CCc1nnc(-c2ccc(OC)cc2)s1. The Kier molecular flexibility index (Phi) is 6.61. The number of carbonyl (C=O) groups excluding carboxylic acids is 2. The largest absolute Gasteiger partial charge is 0.497 e. The van der Waals surface area contributed by atoms with Gasteiger partial charge in [0.25, 0.3) is 0 Å². The van der Waals surface area contributed by atoms with Crippen LogP contribution in [0.25, 0.3) is 10.6 Å². The maximum atomic E-state index is 12.3. The van der Waals surface area contributed by atoms with Crippen LogP contribution in [-0.4, -0.2) is 40.4 Å². The molecule has 3 rings (SSSR count). The van der Waals surface area contributed by atoms with Crippen molar-refractivity contribution in [2.45, 2.75) is 19.8 Å². The Balaban J connectivity index is 1.59. The van der Waals surface area contributed by atoms with Crippen molar-refractivity contribution in [1.82, 2.24) is 14.8 Å². The molecule has 1 aromatic carbocycles. The number of ether oxygens (including phenoxy) is 2. The Morgan fingerprint density at radius 2 is 1.93 bits per heavy atom. The lowest BCUT2D eigenvalue weighted by atomic mass is 10.2. The van der Waals surface area contributed by atoms with E-state index in [4.69, 9.17) is 9.47 Å². The molecule has 152 valence electrons. The summed E-state index contributed by atoms with van der Waals surface area (Å²) in [6.45, 7) is 2.01. The number of nitrogens with zero attached hydrogens (tertiary/aromatic N) is 3. The van der Waals surface area contributed by atoms with Crippen LogP contribution >= 0.6 is 11.3 Å². The van der Waals surface area contributed by atoms with E-state index < -0.39 is 5.97 Å². The van der Waals surface area contributed by atoms with Gasteiger partial charge in [0.2, 0.25) is 5.91 Å². The lowest BCUT2D eigenvalue weighted by Gasteiger charge is -2.05. The van der Waals surface area contributed by atoms with Crippen molar-refractivity contribution in [3.8, 4) is 16.3 Å². The molecule has 0 bridgehead atoms. The van der Waals surface area contributed by atoms with Crippen molar-refractivity contribution in [2.75, 3.05) is 19.0 Å². The lowest BCUT2D eigenvalue weighted by molar-refractivity contribution is -0.116. The number of nitrogens with one attached hydrogen (secondary N) is 1. The summed E-state index contributed by atoms with van der Waals surface area (Å²) in [5.41, 5.74) is 1.72. The summed E-state index contributed by atoms with van der Waals surface area (Å²) in [5, 5.41) is 12.7. The molecule has 8 nitrogen and oxygen atoms in total. The van der Waals surface area contributed by atoms with E-state index in [2.05, 4.69) is 15.5 Å². The van der Waals surface area contributed by atoms with Crippen LogP contribution in [0.4, 0.5) is 5.69 Å². The summed E-state index contributed by atoms with van der Waals surface area (Å²) in [4.78, 5) is 24.4. The Bertz CT molecular complexity index is 994. The quantitative estimate of drug-likeness (QED) is 0.568. The molecule has 0 saturated heterocycles. The molecule has 0 radical (unpaired) electrons. The molecule has 3 aromatic rings. The summed E-state index contributed by atoms with van der Waals surface area (Å²) in [7, 11) is 3.40. The average Bonchev–Trinajstić information content (AvgIpc) is 3.33. The van der Waals surface area contributed by atoms with Crippen LogP contribution in [0.1, 0.15) is 28.7 Å². The molecule has 0 aliphatic heterocycles. The first kappa shape index (κ1) is 20.5. The molecule has 1 amide bonds. The molecule has 0 saturated carbocycles. The number of amides is 1. The van der Waals surface area contributed by atoms with E-state index in [1.54, 1.807) is 38.0 Å². The van der Waals surface area contributed by atoms with Crippen LogP contribution in [-0.2, 0) is 23.0 Å². The van der Waals surface area contributed by atoms with Gasteiger partial charge in [-0.05, 0) is 31.2 Å². The highest BCUT2D eigenvalue weighted by atomic mass is 32.1. The minimum Gasteiger partial charge on any atom is -0.497 e. The zero-order valence-electron chi connectivity index (χ0n) is 16.5. The Hall–Kier alpha value is -3.20. The molecule has 9 heteroatoms. The molecule has 1 N–H and O–H groups in total. The first-order valence-electron chi connectivity index (χ1n) is 9.10. The highest BCUT2D eigenvalue weighted by molar-refractivity contribution is 7.14. The average molecular weight is 414 g/mol. The highest BCUT2D eigenvalue weighted by Crippen LogP contribution is 2.26. The minimum absolute atomic E-state index is 0.206. The van der Waals surface area contributed by atoms with Gasteiger partial charge in [-0.2, -0.15) is 0 Å². The standard InChI is InChI=1S/C20H22N4O4S/c1-4-28-20(26)15-11-24(2)12-16(15)21-17(25)9-10-18-22-23-19(29-18)13-5-7-14(27-3)8-6-13/h5-8,11-12H,4,9-10H2,1-3H3,(H,21,25). The summed E-state index contributed by atoms with van der Waals surface area (Å²) in [6, 6.07) is 7.57. The molecule has 29 heavy (non-hydrogen) atoms. The van der Waals surface area contributed by atoms with Gasteiger partial charge in [-0.25, -0.2) is 4.79 Å². The normalized spacial score (nSPS) is 10.6. The lowest BCUT2D eigenvalue weighted by Crippen LogP contribution is -2.15. The van der Waals surface area contributed by atoms with Gasteiger partial charge in [0, 0.05) is 37.8 Å². The fourth-order valence-electron chi connectivity index (χ4n) is 2.69. The van der Waals surface area contributed by atoms with Crippen LogP contribution in [0.2, 0.25) is 0 Å². The molecule has 0 unspecified atom stereocenters. The predicted octanol–water partition coefficient (Wildman–Crippen LogP) is 3.30. The monoisotopic (exact) mass is 414 g/mol. The van der Waals surface area contributed by atoms with E-state index in [1.807, 2.05) is 24.3 Å². The van der Waals surface area contributed by atoms with Gasteiger partial charge in [0.05, 0.1) is 19.4 Å². The van der Waals surface area contributed by atoms with Crippen LogP contribution in [0.5, 0.6) is 5.75 Å². The van der Waals surface area contributed by atoms with Crippen molar-refractivity contribution in [2.24, 2.45) is 7.05 Å². The van der Waals surface area contributed by atoms with Gasteiger partial charge in [0.15, 0.2) is 0 Å². The van der Waals surface area contributed by atoms with Gasteiger partial charge >= 0.3 is 5.97 Å². The van der Waals surface area contributed by atoms with Crippen molar-refractivity contribution in [3.05, 3.63) is 47.2 Å². The van der Waals surface area contributed by atoms with Gasteiger partial charge in [-0.3, -0.25) is 4.79 Å². The summed E-state index contributed by atoms with van der Waals surface area (Å²) < 4.78 is 11.9. The first-order valence-corrected chi connectivity index (χ1v) is 9.91. The fraction of sp³-hybridized carbons (Fsp3) is 0.300. The van der Waals surface area contributed by atoms with Gasteiger partial charge in [0.1, 0.15) is 21.3 Å². The third kappa shape index (κ3) is 5.20. The van der Waals surface area contributed by atoms with Gasteiger partial charge in [-0.15, -0.1) is 10.2 Å². The van der Waals surface area contributed by atoms with Crippen LogP contribution in [0, 0.1) is 0 Å². The zero-order chi connectivity index (χ0) is 20.8. The summed E-state index contributed by atoms with van der Waals surface area (Å²) in [6.07, 6.45) is 3.99. The van der Waals surface area contributed by atoms with Crippen molar-refractivity contribution in [1.29, 1.82) is 0 Å². The fourth-order valence-corrected chi connectivity index (χ4v) is 3.54. The molecular weight excluding hydrogens is 392 g/mol. The smallest absolute Gasteiger partial charge is 0.341 e. The zero-order valence-corrected chi connectivity index (χ0v) is 17.3. The van der Waals surface area contributed by atoms with Gasteiger partial charge < -0.3 is 19.4 Å². The molecular formula is C20H22N4O4S. The molecule has 0 fully saturated rings. The molecule has 0 aliphatic carbocycles. The van der Waals surface area contributed by atoms with E-state index in [0.717, 1.165) is 21.3 Å². The number of methoxy groups -OCH3 is 1. The number of hydrogen-bond donors (Lipinski definition) is 1. The van der Waals surface area contributed by atoms with Crippen molar-refractivity contribution < 1.29 is 19.1 Å². The number of carbonyl (C=O) groups is 2. The molecule has 0 spiro atoms. The number of hydrogen-bond acceptors (Lipinski definition) is 7. The number of esters is 1. The van der Waals surface area contributed by atoms with Crippen molar-refractivity contribution in [3.63, 3.8) is 0 Å². The predicted molar refractivity (Wildman–Crippen MR) is 110 cm³/mol. The molecule has 2 aromatic heterocycles. The first-order chi connectivity index (χ1) is 14.0. The number of anilines is 1. The second-order valence-corrected chi connectivity index (χ2v) is 7.31. The second kappa shape index (κ2) is 9.33. The van der Waals surface area contributed by atoms with E-state index in [0.29, 0.717) is 17.7 Å². The highest BCUT2D eigenvalue weighted by Gasteiger charge is 2.17. The Morgan fingerprint density at radius 1 is 1.17 bits per heavy atom. The molecule has 2 heterocycles. The minimum atomic E-state index is -0.461. The molecule has 0 aliphatic rings. The van der Waals surface area contributed by atoms with Crippen molar-refractivity contribution >= 4 is 28.9 Å². The summed E-state index contributed by atoms with van der Waals surface area (Å²) in [5.74, 6) is 0.109. The topological polar surface area (TPSA) is 95.3 Å². The number of rotatable bonds is 8. The number of aryl methyl sites for hydroxylation is 2. The molecule has 0 atom stereocenters. The Labute approximate surface area is 172 Å². The number of benzene rings is 1. The van der Waals surface area contributed by atoms with E-state index >= 15 is 0 Å². The van der Waals surface area contributed by atoms with Crippen LogP contribution in [0.15, 0.2) is 36.7 Å². The maximum Gasteiger partial charge on any atom is 0.341 e. The third-order valence-corrected chi connectivity index (χ3v) is 5.13. The van der Waals surface area contributed by atoms with Gasteiger partial charge in [-0.1, -0.05) is 11.3 Å². The van der Waals surface area contributed by atoms with E-state index in [-0.39, 0.29) is 18.9 Å². The summed E-state index contributed by atoms with van der Waals surface area (Å²) >= 11 is 1.45. The third-order valence-electron chi connectivity index (χ3n) is 4.09. The Morgan fingerprint density at radius 3 is 2.62 bits per heavy atom. The maximum absolute atomic E-state index is 12.3. The van der Waals surface area contributed by atoms with E-state index in [1.165, 1.54) is 11.3 Å². The second-order valence-electron chi connectivity index (χ2n) is 6.25. The van der Waals surface area contributed by atoms with Crippen LogP contribution < -0.4 is 10.1 Å². The van der Waals surface area contributed by atoms with Crippen LogP contribution in [0.3, 0.4) is 0 Å². The number of aromatic nitrogens is 3. The van der Waals surface area contributed by atoms with E-state index in [9.17, 15) is 9.59 Å².